The first-order valence-electron chi connectivity index (χ1n) is 5.89. The van der Waals surface area contributed by atoms with Gasteiger partial charge in [0.05, 0.1) is 5.69 Å². The minimum atomic E-state index is 1.15. The van der Waals surface area contributed by atoms with Crippen molar-refractivity contribution in [2.45, 2.75) is 4.90 Å². The molecule has 0 aliphatic carbocycles. The monoisotopic (exact) mass is 251 g/mol. The van der Waals surface area contributed by atoms with Crippen molar-refractivity contribution in [3.63, 3.8) is 0 Å². The van der Waals surface area contributed by atoms with Crippen LogP contribution < -0.4 is 4.72 Å². The molecule has 0 spiro atoms. The van der Waals surface area contributed by atoms with Crippen LogP contribution >= 0.6 is 11.9 Å². The summed E-state index contributed by atoms with van der Waals surface area (Å²) >= 11 is 1.64. The molecule has 3 aromatic carbocycles. The fourth-order valence-electron chi connectivity index (χ4n) is 1.92. The molecule has 3 aromatic rings. The standard InChI is InChI=1S/C16H13NS/c1-2-9-14(10-3-1)18-17-16-12-6-8-13-7-4-5-11-15(13)16/h1-12,17H. The van der Waals surface area contributed by atoms with Crippen LogP contribution in [0.5, 0.6) is 0 Å². The molecule has 1 nitrogen and oxygen atoms in total. The van der Waals surface area contributed by atoms with Gasteiger partial charge < -0.3 is 4.72 Å². The van der Waals surface area contributed by atoms with Crippen LogP contribution in [-0.4, -0.2) is 0 Å². The lowest BCUT2D eigenvalue weighted by molar-refractivity contribution is 1.47. The number of benzene rings is 3. The predicted molar refractivity (Wildman–Crippen MR) is 79.9 cm³/mol. The van der Waals surface area contributed by atoms with Crippen LogP contribution in [0.15, 0.2) is 77.7 Å². The Morgan fingerprint density at radius 1 is 0.667 bits per heavy atom. The largest absolute Gasteiger partial charge is 0.325 e. The molecule has 0 atom stereocenters. The van der Waals surface area contributed by atoms with Crippen LogP contribution in [0.2, 0.25) is 0 Å². The van der Waals surface area contributed by atoms with Crippen molar-refractivity contribution in [2.24, 2.45) is 0 Å². The van der Waals surface area contributed by atoms with E-state index in [0.717, 1.165) is 5.69 Å². The minimum absolute atomic E-state index is 1.15. The second-order valence-corrected chi connectivity index (χ2v) is 4.92. The third-order valence-corrected chi connectivity index (χ3v) is 3.64. The Bertz CT molecular complexity index is 644. The molecule has 0 saturated heterocycles. The smallest absolute Gasteiger partial charge is 0.0522 e. The molecule has 0 aromatic heterocycles. The van der Waals surface area contributed by atoms with Gasteiger partial charge in [0.15, 0.2) is 0 Å². The third kappa shape index (κ3) is 2.34. The molecule has 0 unspecified atom stereocenters. The average Bonchev–Trinajstić information content (AvgIpc) is 2.46. The number of hydrogen-bond acceptors (Lipinski definition) is 2. The number of rotatable bonds is 3. The maximum atomic E-state index is 3.42. The van der Waals surface area contributed by atoms with E-state index in [-0.39, 0.29) is 0 Å². The van der Waals surface area contributed by atoms with Gasteiger partial charge in [-0.3, -0.25) is 0 Å². The molecule has 0 fully saturated rings. The normalized spacial score (nSPS) is 10.4. The first-order valence-corrected chi connectivity index (χ1v) is 6.71. The minimum Gasteiger partial charge on any atom is -0.325 e. The zero-order chi connectivity index (χ0) is 12.2. The van der Waals surface area contributed by atoms with E-state index in [1.807, 2.05) is 18.2 Å². The maximum absolute atomic E-state index is 3.42. The van der Waals surface area contributed by atoms with E-state index in [2.05, 4.69) is 59.3 Å². The number of nitrogens with one attached hydrogen (secondary N) is 1. The lowest BCUT2D eigenvalue weighted by atomic mass is 10.1. The van der Waals surface area contributed by atoms with Gasteiger partial charge in [0, 0.05) is 10.3 Å². The Morgan fingerprint density at radius 3 is 2.28 bits per heavy atom. The molecule has 0 bridgehead atoms. The summed E-state index contributed by atoms with van der Waals surface area (Å²) in [5.41, 5.74) is 1.15. The second kappa shape index (κ2) is 5.15. The lowest BCUT2D eigenvalue weighted by Crippen LogP contribution is -1.87. The van der Waals surface area contributed by atoms with Crippen molar-refractivity contribution in [3.05, 3.63) is 72.8 Å². The van der Waals surface area contributed by atoms with Crippen molar-refractivity contribution in [1.82, 2.24) is 0 Å². The number of anilines is 1. The van der Waals surface area contributed by atoms with E-state index in [1.165, 1.54) is 15.7 Å². The zero-order valence-electron chi connectivity index (χ0n) is 9.84. The summed E-state index contributed by atoms with van der Waals surface area (Å²) in [4.78, 5) is 1.21. The molecule has 0 saturated carbocycles. The molecular weight excluding hydrogens is 238 g/mol. The molecule has 0 aliphatic heterocycles. The summed E-state index contributed by atoms with van der Waals surface area (Å²) in [5.74, 6) is 0. The van der Waals surface area contributed by atoms with Gasteiger partial charge >= 0.3 is 0 Å². The van der Waals surface area contributed by atoms with Crippen molar-refractivity contribution < 1.29 is 0 Å². The Balaban J connectivity index is 1.87. The van der Waals surface area contributed by atoms with Crippen LogP contribution in [0.25, 0.3) is 10.8 Å². The predicted octanol–water partition coefficient (Wildman–Crippen LogP) is 4.96. The van der Waals surface area contributed by atoms with Crippen LogP contribution in [0, 0.1) is 0 Å². The van der Waals surface area contributed by atoms with Crippen molar-refractivity contribution in [3.8, 4) is 0 Å². The van der Waals surface area contributed by atoms with Gasteiger partial charge in [0.25, 0.3) is 0 Å². The van der Waals surface area contributed by atoms with Gasteiger partial charge in [-0.1, -0.05) is 54.6 Å². The van der Waals surface area contributed by atoms with Gasteiger partial charge in [0.2, 0.25) is 0 Å². The topological polar surface area (TPSA) is 12.0 Å². The van der Waals surface area contributed by atoms with Crippen LogP contribution in [-0.2, 0) is 0 Å². The highest BCUT2D eigenvalue weighted by molar-refractivity contribution is 8.00. The molecule has 88 valence electrons. The van der Waals surface area contributed by atoms with Crippen molar-refractivity contribution >= 4 is 28.4 Å². The maximum Gasteiger partial charge on any atom is 0.0522 e. The van der Waals surface area contributed by atoms with Crippen LogP contribution in [0.4, 0.5) is 5.69 Å². The average molecular weight is 251 g/mol. The molecular formula is C16H13NS. The molecule has 2 heteroatoms. The lowest BCUT2D eigenvalue weighted by Gasteiger charge is -2.08. The zero-order valence-corrected chi connectivity index (χ0v) is 10.7. The number of fused-ring (bicyclic) bond motifs is 1. The SMILES string of the molecule is c1ccc(SNc2cccc3ccccc23)cc1. The van der Waals surface area contributed by atoms with Gasteiger partial charge in [-0.05, 0) is 35.5 Å². The van der Waals surface area contributed by atoms with Gasteiger partial charge in [-0.2, -0.15) is 0 Å². The third-order valence-electron chi connectivity index (χ3n) is 2.81. The summed E-state index contributed by atoms with van der Waals surface area (Å²) < 4.78 is 3.42. The molecule has 1 N–H and O–H groups in total. The van der Waals surface area contributed by atoms with Crippen LogP contribution in [0.3, 0.4) is 0 Å². The molecule has 0 radical (unpaired) electrons. The number of hydrogen-bond donors (Lipinski definition) is 1. The Hall–Kier alpha value is -1.93. The van der Waals surface area contributed by atoms with Gasteiger partial charge in [0.1, 0.15) is 0 Å². The summed E-state index contributed by atoms with van der Waals surface area (Å²) in [5, 5.41) is 2.51. The van der Waals surface area contributed by atoms with E-state index >= 15 is 0 Å². The quantitative estimate of drug-likeness (QED) is 0.660. The highest BCUT2D eigenvalue weighted by atomic mass is 32.2. The summed E-state index contributed by atoms with van der Waals surface area (Å²) in [6.07, 6.45) is 0. The van der Waals surface area contributed by atoms with Gasteiger partial charge in [-0.25, -0.2) is 0 Å². The van der Waals surface area contributed by atoms with E-state index in [1.54, 1.807) is 11.9 Å². The van der Waals surface area contributed by atoms with Crippen LogP contribution in [0.1, 0.15) is 0 Å². The first-order chi connectivity index (χ1) is 8.93. The molecule has 0 aliphatic rings. The summed E-state index contributed by atoms with van der Waals surface area (Å²) in [6, 6.07) is 25.1. The molecule has 18 heavy (non-hydrogen) atoms. The van der Waals surface area contributed by atoms with E-state index in [0.29, 0.717) is 0 Å². The Labute approximate surface area is 111 Å². The molecule has 0 amide bonds. The highest BCUT2D eigenvalue weighted by Crippen LogP contribution is 2.27. The van der Waals surface area contributed by atoms with Gasteiger partial charge in [-0.15, -0.1) is 0 Å². The Morgan fingerprint density at radius 2 is 1.39 bits per heavy atom. The van der Waals surface area contributed by atoms with Crippen molar-refractivity contribution in [2.75, 3.05) is 4.72 Å². The molecule has 0 heterocycles. The fourth-order valence-corrected chi connectivity index (χ4v) is 2.62. The molecule has 3 rings (SSSR count). The van der Waals surface area contributed by atoms with Crippen molar-refractivity contribution in [1.29, 1.82) is 0 Å². The fraction of sp³-hybridized carbons (Fsp3) is 0. The second-order valence-electron chi connectivity index (χ2n) is 4.04. The van der Waals surface area contributed by atoms with E-state index in [9.17, 15) is 0 Å². The Kier molecular flexibility index (Phi) is 3.20. The van der Waals surface area contributed by atoms with E-state index in [4.69, 9.17) is 0 Å². The highest BCUT2D eigenvalue weighted by Gasteiger charge is 1.99. The summed E-state index contributed by atoms with van der Waals surface area (Å²) in [7, 11) is 0. The first kappa shape index (κ1) is 11.2. The van der Waals surface area contributed by atoms with E-state index < -0.39 is 0 Å². The summed E-state index contributed by atoms with van der Waals surface area (Å²) in [6.45, 7) is 0.